The fraction of sp³-hybridized carbons (Fsp3) is 0.385. The first-order valence-corrected chi connectivity index (χ1v) is 5.60. The van der Waals surface area contributed by atoms with Crippen molar-refractivity contribution in [2.45, 2.75) is 20.0 Å². The molecule has 0 heterocycles. The summed E-state index contributed by atoms with van der Waals surface area (Å²) in [6, 6.07) is 5.69. The zero-order chi connectivity index (χ0) is 14.4. The molecule has 0 aliphatic heterocycles. The van der Waals surface area contributed by atoms with Gasteiger partial charge in [0.25, 0.3) is 0 Å². The van der Waals surface area contributed by atoms with E-state index >= 15 is 0 Å². The molecule has 0 fully saturated rings. The molecule has 0 saturated heterocycles. The third-order valence-electron chi connectivity index (χ3n) is 2.52. The highest BCUT2D eigenvalue weighted by atomic mass is 19.3. The third kappa shape index (κ3) is 4.31. The molecule has 0 spiro atoms. The normalized spacial score (nSPS) is 12.1. The molecule has 1 aromatic carbocycles. The van der Waals surface area contributed by atoms with Crippen LogP contribution in [0.5, 0.6) is 5.75 Å². The first-order valence-electron chi connectivity index (χ1n) is 5.60. The van der Waals surface area contributed by atoms with Crippen LogP contribution in [0.1, 0.15) is 23.7 Å². The number of esters is 1. The Labute approximate surface area is 109 Å². The van der Waals surface area contributed by atoms with Crippen molar-refractivity contribution in [1.82, 2.24) is 0 Å². The number of methoxy groups -OCH3 is 1. The number of hydrogen-bond acceptors (Lipinski definition) is 4. The number of benzene rings is 1. The molecular formula is C13H14F2O4. The van der Waals surface area contributed by atoms with Crippen molar-refractivity contribution in [3.05, 3.63) is 29.8 Å². The van der Waals surface area contributed by atoms with Gasteiger partial charge in [0.2, 0.25) is 0 Å². The third-order valence-corrected chi connectivity index (χ3v) is 2.52. The lowest BCUT2D eigenvalue weighted by Gasteiger charge is -2.13. The monoisotopic (exact) mass is 272 g/mol. The van der Waals surface area contributed by atoms with Crippen molar-refractivity contribution in [3.8, 4) is 5.75 Å². The van der Waals surface area contributed by atoms with E-state index < -0.39 is 24.3 Å². The van der Waals surface area contributed by atoms with Crippen LogP contribution in [0.3, 0.4) is 0 Å². The Balaban J connectivity index is 2.89. The fourth-order valence-corrected chi connectivity index (χ4v) is 1.56. The lowest BCUT2D eigenvalue weighted by molar-refractivity contribution is -0.141. The number of hydrogen-bond donors (Lipinski definition) is 0. The maximum atomic E-state index is 12.2. The molecule has 104 valence electrons. The minimum Gasteiger partial charge on any atom is -0.469 e. The van der Waals surface area contributed by atoms with Crippen molar-refractivity contribution < 1.29 is 27.8 Å². The maximum absolute atomic E-state index is 12.2. The molecule has 19 heavy (non-hydrogen) atoms. The first-order chi connectivity index (χ1) is 8.95. The van der Waals surface area contributed by atoms with Crippen molar-refractivity contribution in [3.63, 3.8) is 0 Å². The summed E-state index contributed by atoms with van der Waals surface area (Å²) in [6.07, 6.45) is -0.113. The van der Waals surface area contributed by atoms with E-state index in [-0.39, 0.29) is 17.7 Å². The average molecular weight is 272 g/mol. The van der Waals surface area contributed by atoms with Gasteiger partial charge >= 0.3 is 12.6 Å². The summed E-state index contributed by atoms with van der Waals surface area (Å²) in [5, 5.41) is 0. The summed E-state index contributed by atoms with van der Waals surface area (Å²) in [7, 11) is 1.22. The molecule has 0 saturated carbocycles. The van der Waals surface area contributed by atoms with Crippen LogP contribution in [-0.2, 0) is 9.53 Å². The predicted molar refractivity (Wildman–Crippen MR) is 63.2 cm³/mol. The standard InChI is InChI=1S/C13H14F2O4/c1-8(7-11(16)18-2)12(17)9-5-3-4-6-10(9)19-13(14)15/h3-6,8,13H,7H2,1-2H3. The average Bonchev–Trinajstić information content (AvgIpc) is 2.37. The van der Waals surface area contributed by atoms with Gasteiger partial charge in [0.05, 0.1) is 19.1 Å². The number of carbonyl (C=O) groups is 2. The van der Waals surface area contributed by atoms with Crippen LogP contribution in [0, 0.1) is 5.92 Å². The van der Waals surface area contributed by atoms with Crippen molar-refractivity contribution in [2.24, 2.45) is 5.92 Å². The molecular weight excluding hydrogens is 258 g/mol. The molecule has 0 aromatic heterocycles. The molecule has 0 aliphatic rings. The van der Waals surface area contributed by atoms with E-state index in [4.69, 9.17) is 0 Å². The number of ether oxygens (including phenoxy) is 2. The SMILES string of the molecule is COC(=O)CC(C)C(=O)c1ccccc1OC(F)F. The van der Waals surface area contributed by atoms with Gasteiger partial charge in [-0.3, -0.25) is 9.59 Å². The summed E-state index contributed by atoms with van der Waals surface area (Å²) in [6.45, 7) is -1.48. The zero-order valence-electron chi connectivity index (χ0n) is 10.6. The largest absolute Gasteiger partial charge is 0.469 e. The zero-order valence-corrected chi connectivity index (χ0v) is 10.6. The quantitative estimate of drug-likeness (QED) is 0.590. The minimum absolute atomic E-state index is 0.0270. The van der Waals surface area contributed by atoms with Crippen molar-refractivity contribution in [2.75, 3.05) is 7.11 Å². The van der Waals surface area contributed by atoms with Crippen LogP contribution < -0.4 is 4.74 Å². The molecule has 6 heteroatoms. The van der Waals surface area contributed by atoms with Gasteiger partial charge in [-0.1, -0.05) is 19.1 Å². The summed E-state index contributed by atoms with van der Waals surface area (Å²) < 4.78 is 33.2. The highest BCUT2D eigenvalue weighted by molar-refractivity contribution is 6.01. The predicted octanol–water partition coefficient (Wildman–Crippen LogP) is 2.67. The van der Waals surface area contributed by atoms with Crippen molar-refractivity contribution in [1.29, 1.82) is 0 Å². The molecule has 0 N–H and O–H groups in total. The Morgan fingerprint density at radius 2 is 1.89 bits per heavy atom. The Kier molecular flexibility index (Phi) is 5.41. The number of rotatable bonds is 6. The van der Waals surface area contributed by atoms with Gasteiger partial charge in [-0.05, 0) is 12.1 Å². The number of alkyl halides is 2. The van der Waals surface area contributed by atoms with Gasteiger partial charge in [-0.15, -0.1) is 0 Å². The molecule has 1 unspecified atom stereocenters. The molecule has 1 atom stereocenters. The topological polar surface area (TPSA) is 52.6 Å². The highest BCUT2D eigenvalue weighted by Gasteiger charge is 2.22. The number of halogens is 2. The van der Waals surface area contributed by atoms with Crippen LogP contribution in [0.2, 0.25) is 0 Å². The van der Waals surface area contributed by atoms with Gasteiger partial charge in [0.15, 0.2) is 5.78 Å². The van der Waals surface area contributed by atoms with Crippen LogP contribution in [-0.4, -0.2) is 25.5 Å². The van der Waals surface area contributed by atoms with E-state index in [1.54, 1.807) is 0 Å². The van der Waals surface area contributed by atoms with Gasteiger partial charge < -0.3 is 9.47 Å². The Morgan fingerprint density at radius 1 is 1.26 bits per heavy atom. The van der Waals surface area contributed by atoms with E-state index in [1.807, 2.05) is 0 Å². The fourth-order valence-electron chi connectivity index (χ4n) is 1.56. The molecule has 1 aromatic rings. The minimum atomic E-state index is -3.01. The highest BCUT2D eigenvalue weighted by Crippen LogP contribution is 2.24. The van der Waals surface area contributed by atoms with Crippen LogP contribution in [0.15, 0.2) is 24.3 Å². The molecule has 0 amide bonds. The van der Waals surface area contributed by atoms with Crippen LogP contribution >= 0.6 is 0 Å². The maximum Gasteiger partial charge on any atom is 0.387 e. The van der Waals surface area contributed by atoms with Gasteiger partial charge in [-0.2, -0.15) is 8.78 Å². The molecule has 4 nitrogen and oxygen atoms in total. The number of ketones is 1. The molecule has 0 aliphatic carbocycles. The van der Waals surface area contributed by atoms with Gasteiger partial charge in [0.1, 0.15) is 5.75 Å². The summed E-state index contributed by atoms with van der Waals surface area (Å²) in [5.74, 6) is -1.84. The van der Waals surface area contributed by atoms with E-state index in [2.05, 4.69) is 9.47 Å². The summed E-state index contributed by atoms with van der Waals surface area (Å²) >= 11 is 0. The Morgan fingerprint density at radius 3 is 2.47 bits per heavy atom. The Hall–Kier alpha value is -1.98. The second kappa shape index (κ2) is 6.82. The van der Waals surface area contributed by atoms with Crippen LogP contribution in [0.4, 0.5) is 8.78 Å². The summed E-state index contributed by atoms with van der Waals surface area (Å²) in [4.78, 5) is 23.2. The number of Topliss-reactive ketones (excluding diaryl/α,β-unsaturated/α-hetero) is 1. The molecule has 1 rings (SSSR count). The number of para-hydroxylation sites is 1. The molecule has 0 bridgehead atoms. The Bertz CT molecular complexity index is 460. The van der Waals surface area contributed by atoms with Crippen LogP contribution in [0.25, 0.3) is 0 Å². The summed E-state index contributed by atoms with van der Waals surface area (Å²) in [5.41, 5.74) is 0.0270. The smallest absolute Gasteiger partial charge is 0.387 e. The van der Waals surface area contributed by atoms with Gasteiger partial charge in [-0.25, -0.2) is 0 Å². The number of carbonyl (C=O) groups excluding carboxylic acids is 2. The van der Waals surface area contributed by atoms with E-state index in [1.165, 1.54) is 38.3 Å². The van der Waals surface area contributed by atoms with Gasteiger partial charge in [0, 0.05) is 5.92 Å². The van der Waals surface area contributed by atoms with Crippen molar-refractivity contribution >= 4 is 11.8 Å². The van der Waals surface area contributed by atoms with E-state index in [0.29, 0.717) is 0 Å². The molecule has 0 radical (unpaired) electrons. The second-order valence-electron chi connectivity index (χ2n) is 3.92. The van der Waals surface area contributed by atoms with E-state index in [9.17, 15) is 18.4 Å². The van der Waals surface area contributed by atoms with E-state index in [0.717, 1.165) is 0 Å². The lowest BCUT2D eigenvalue weighted by Crippen LogP contribution is -2.18. The first kappa shape index (κ1) is 15.1. The second-order valence-corrected chi connectivity index (χ2v) is 3.92. The lowest BCUT2D eigenvalue weighted by atomic mass is 9.96.